The van der Waals surface area contributed by atoms with Crippen molar-refractivity contribution in [2.45, 2.75) is 31.9 Å². The lowest BCUT2D eigenvalue weighted by Gasteiger charge is -2.24. The van der Waals surface area contributed by atoms with E-state index in [1.807, 2.05) is 62.4 Å². The molecule has 8 nitrogen and oxygen atoms in total. The normalized spacial score (nSPS) is 11.8. The lowest BCUT2D eigenvalue weighted by molar-refractivity contribution is -0.113. The molecular weight excluding hydrogens is 488 g/mol. The number of fused-ring (bicyclic) bond motifs is 2. The number of benzene rings is 2. The van der Waals surface area contributed by atoms with Gasteiger partial charge in [-0.1, -0.05) is 29.5 Å². The van der Waals surface area contributed by atoms with Crippen LogP contribution in [0.1, 0.15) is 27.9 Å². The molecule has 2 N–H and O–H groups in total. The van der Waals surface area contributed by atoms with Gasteiger partial charge in [0.15, 0.2) is 11.6 Å². The number of aliphatic hydroxyl groups is 1. The Kier molecular flexibility index (Phi) is 7.07. The van der Waals surface area contributed by atoms with E-state index in [0.717, 1.165) is 33.7 Å². The van der Waals surface area contributed by atoms with Crippen LogP contribution in [0.3, 0.4) is 0 Å². The number of nitrogens with zero attached hydrogens (tertiary/aromatic N) is 3. The Bertz CT molecular complexity index is 1460. The summed E-state index contributed by atoms with van der Waals surface area (Å²) >= 11 is 1.33. The molecule has 0 unspecified atom stereocenters. The Morgan fingerprint density at radius 1 is 1.08 bits per heavy atom. The smallest absolute Gasteiger partial charge is 0.234 e. The summed E-state index contributed by atoms with van der Waals surface area (Å²) in [4.78, 5) is 26.7. The van der Waals surface area contributed by atoms with E-state index in [9.17, 15) is 9.90 Å². The fraction of sp³-hybridized carbons (Fsp3) is 0.214. The van der Waals surface area contributed by atoms with Gasteiger partial charge in [-0.2, -0.15) is 4.98 Å². The molecule has 0 saturated heterocycles. The number of pyridine rings is 1. The van der Waals surface area contributed by atoms with Crippen LogP contribution in [-0.2, 0) is 17.8 Å². The van der Waals surface area contributed by atoms with E-state index in [1.165, 1.54) is 11.8 Å². The Labute approximate surface area is 219 Å². The predicted molar refractivity (Wildman–Crippen MR) is 142 cm³/mol. The molecule has 0 aliphatic carbocycles. The summed E-state index contributed by atoms with van der Waals surface area (Å²) in [7, 11) is 1.61. The van der Waals surface area contributed by atoms with E-state index in [1.54, 1.807) is 13.3 Å². The second kappa shape index (κ2) is 10.6. The highest BCUT2D eigenvalue weighted by Crippen LogP contribution is 2.42. The first kappa shape index (κ1) is 24.7. The zero-order chi connectivity index (χ0) is 25.9. The molecule has 2 aromatic carbocycles. The number of aromatic nitrogens is 3. The standard InChI is InChI=1S/C28H26N4O4S/c1-16-4-8-20(9-5-16)30-24(34)15-37-28-23-12-22-19(14-33)13-29-17(2)25(22)36-27(23)31-26(32-28)18-6-10-21(35-3)11-7-18/h4-11,13,33H,12,14-15H2,1-3H3,(H,30,34). The number of rotatable bonds is 7. The fourth-order valence-corrected chi connectivity index (χ4v) is 4.88. The lowest BCUT2D eigenvalue weighted by Crippen LogP contribution is -2.16. The van der Waals surface area contributed by atoms with Gasteiger partial charge in [-0.3, -0.25) is 9.78 Å². The minimum Gasteiger partial charge on any atom is -0.497 e. The maximum absolute atomic E-state index is 12.7. The van der Waals surface area contributed by atoms with Gasteiger partial charge in [-0.25, -0.2) is 4.98 Å². The van der Waals surface area contributed by atoms with Crippen molar-refractivity contribution >= 4 is 23.4 Å². The Morgan fingerprint density at radius 2 is 1.84 bits per heavy atom. The van der Waals surface area contributed by atoms with Crippen LogP contribution < -0.4 is 14.8 Å². The van der Waals surface area contributed by atoms with Crippen molar-refractivity contribution in [1.29, 1.82) is 0 Å². The average molecular weight is 515 g/mol. The van der Waals surface area contributed by atoms with E-state index >= 15 is 0 Å². The molecule has 0 spiro atoms. The minimum atomic E-state index is -0.152. The number of ether oxygens (including phenoxy) is 2. The maximum Gasteiger partial charge on any atom is 0.234 e. The van der Waals surface area contributed by atoms with Gasteiger partial charge in [-0.05, 0) is 50.2 Å². The third-order valence-corrected chi connectivity index (χ3v) is 7.10. The number of nitrogens with one attached hydrogen (secondary N) is 1. The quantitative estimate of drug-likeness (QED) is 0.229. The van der Waals surface area contributed by atoms with Crippen LogP contribution in [-0.4, -0.2) is 38.8 Å². The number of aliphatic hydroxyl groups excluding tert-OH is 1. The first-order valence-corrected chi connectivity index (χ1v) is 12.7. The number of amides is 1. The second-order valence-corrected chi connectivity index (χ2v) is 9.64. The van der Waals surface area contributed by atoms with Crippen LogP contribution >= 0.6 is 11.8 Å². The number of hydrogen-bond donors (Lipinski definition) is 2. The van der Waals surface area contributed by atoms with Crippen molar-refractivity contribution in [3.05, 3.63) is 82.7 Å². The largest absolute Gasteiger partial charge is 0.497 e. The van der Waals surface area contributed by atoms with Gasteiger partial charge in [0.05, 0.1) is 30.7 Å². The molecule has 0 atom stereocenters. The number of thioether (sulfide) groups is 1. The summed E-state index contributed by atoms with van der Waals surface area (Å²) in [6.07, 6.45) is 2.13. The van der Waals surface area contributed by atoms with Crippen molar-refractivity contribution in [1.82, 2.24) is 15.0 Å². The van der Waals surface area contributed by atoms with Crippen LogP contribution in [0.4, 0.5) is 5.69 Å². The van der Waals surface area contributed by atoms with Crippen molar-refractivity contribution in [2.75, 3.05) is 18.2 Å². The van der Waals surface area contributed by atoms with Gasteiger partial charge < -0.3 is 19.9 Å². The van der Waals surface area contributed by atoms with Crippen LogP contribution in [0, 0.1) is 13.8 Å². The SMILES string of the molecule is COc1ccc(-c2nc3c(c(SCC(=O)Nc4ccc(C)cc4)n2)Cc2c(CO)cnc(C)c2O3)cc1. The van der Waals surface area contributed by atoms with E-state index in [4.69, 9.17) is 19.4 Å². The van der Waals surface area contributed by atoms with Crippen molar-refractivity contribution in [3.8, 4) is 28.8 Å². The summed E-state index contributed by atoms with van der Waals surface area (Å²) in [6, 6.07) is 15.1. The number of anilines is 1. The Morgan fingerprint density at radius 3 is 2.54 bits per heavy atom. The van der Waals surface area contributed by atoms with E-state index < -0.39 is 0 Å². The van der Waals surface area contributed by atoms with Crippen molar-refractivity contribution in [3.63, 3.8) is 0 Å². The summed E-state index contributed by atoms with van der Waals surface area (Å²) < 4.78 is 11.5. The molecule has 4 aromatic rings. The predicted octanol–water partition coefficient (Wildman–Crippen LogP) is 5.08. The summed E-state index contributed by atoms with van der Waals surface area (Å²) in [5.41, 5.74) is 5.70. The van der Waals surface area contributed by atoms with Crippen LogP contribution in [0.5, 0.6) is 17.4 Å². The monoisotopic (exact) mass is 514 g/mol. The molecule has 37 heavy (non-hydrogen) atoms. The molecule has 188 valence electrons. The molecule has 0 radical (unpaired) electrons. The highest BCUT2D eigenvalue weighted by atomic mass is 32.2. The van der Waals surface area contributed by atoms with Crippen molar-refractivity contribution in [2.24, 2.45) is 0 Å². The molecule has 1 amide bonds. The number of carbonyl (C=O) groups excluding carboxylic acids is 1. The van der Waals surface area contributed by atoms with Crippen LogP contribution in [0.15, 0.2) is 59.8 Å². The third kappa shape index (κ3) is 5.28. The summed E-state index contributed by atoms with van der Waals surface area (Å²) in [6.45, 7) is 3.71. The Hall–Kier alpha value is -3.95. The van der Waals surface area contributed by atoms with Gasteiger partial charge in [0.1, 0.15) is 10.8 Å². The zero-order valence-electron chi connectivity index (χ0n) is 20.7. The molecule has 3 heterocycles. The number of aryl methyl sites for hydroxylation is 2. The van der Waals surface area contributed by atoms with Gasteiger partial charge in [0.2, 0.25) is 11.8 Å². The topological polar surface area (TPSA) is 106 Å². The van der Waals surface area contributed by atoms with Gasteiger partial charge in [-0.15, -0.1) is 0 Å². The maximum atomic E-state index is 12.7. The van der Waals surface area contributed by atoms with E-state index in [-0.39, 0.29) is 18.3 Å². The molecule has 2 aromatic heterocycles. The van der Waals surface area contributed by atoms with Crippen LogP contribution in [0.2, 0.25) is 0 Å². The van der Waals surface area contributed by atoms with Gasteiger partial charge in [0.25, 0.3) is 0 Å². The zero-order valence-corrected chi connectivity index (χ0v) is 21.6. The van der Waals surface area contributed by atoms with Crippen LogP contribution in [0.25, 0.3) is 11.4 Å². The molecule has 9 heteroatoms. The summed E-state index contributed by atoms with van der Waals surface area (Å²) in [5.74, 6) is 2.26. The molecule has 0 fully saturated rings. The molecule has 0 saturated carbocycles. The molecule has 1 aliphatic heterocycles. The number of methoxy groups -OCH3 is 1. The molecule has 0 bridgehead atoms. The van der Waals surface area contributed by atoms with E-state index in [0.29, 0.717) is 40.2 Å². The number of hydrogen-bond acceptors (Lipinski definition) is 8. The fourth-order valence-electron chi connectivity index (χ4n) is 4.05. The first-order chi connectivity index (χ1) is 17.9. The second-order valence-electron chi connectivity index (χ2n) is 8.68. The number of carbonyl (C=O) groups is 1. The highest BCUT2D eigenvalue weighted by Gasteiger charge is 2.28. The molecule has 1 aliphatic rings. The third-order valence-electron chi connectivity index (χ3n) is 6.08. The minimum absolute atomic E-state index is 0.138. The first-order valence-electron chi connectivity index (χ1n) is 11.8. The van der Waals surface area contributed by atoms with Gasteiger partial charge in [0, 0.05) is 35.0 Å². The Balaban J connectivity index is 1.48. The van der Waals surface area contributed by atoms with Crippen molar-refractivity contribution < 1.29 is 19.4 Å². The lowest BCUT2D eigenvalue weighted by atomic mass is 9.99. The molecule has 5 rings (SSSR count). The van der Waals surface area contributed by atoms with E-state index in [2.05, 4.69) is 10.3 Å². The summed E-state index contributed by atoms with van der Waals surface area (Å²) in [5, 5.41) is 13.5. The highest BCUT2D eigenvalue weighted by molar-refractivity contribution is 8.00. The molecular formula is C28H26N4O4S. The average Bonchev–Trinajstić information content (AvgIpc) is 2.92. The van der Waals surface area contributed by atoms with Gasteiger partial charge >= 0.3 is 0 Å².